The molecule has 0 spiro atoms. The lowest BCUT2D eigenvalue weighted by atomic mass is 10.2. The minimum absolute atomic E-state index is 0.103. The molecule has 0 fully saturated rings. The second-order valence-electron chi connectivity index (χ2n) is 3.55. The van der Waals surface area contributed by atoms with Crippen molar-refractivity contribution < 1.29 is 28.5 Å². The van der Waals surface area contributed by atoms with Gasteiger partial charge in [-0.05, 0) is 19.3 Å². The molecule has 0 radical (unpaired) electrons. The van der Waals surface area contributed by atoms with Crippen molar-refractivity contribution in [2.45, 2.75) is 25.7 Å². The van der Waals surface area contributed by atoms with Gasteiger partial charge in [-0.2, -0.15) is 0 Å². The summed E-state index contributed by atoms with van der Waals surface area (Å²) >= 11 is 0. The van der Waals surface area contributed by atoms with E-state index in [9.17, 15) is 9.59 Å². The Bertz CT molecular complexity index is 363. The highest BCUT2D eigenvalue weighted by atomic mass is 16.7. The van der Waals surface area contributed by atoms with Crippen molar-refractivity contribution in [2.75, 3.05) is 26.4 Å². The Morgan fingerprint density at radius 2 is 1.30 bits per heavy atom. The zero-order chi connectivity index (χ0) is 15.1. The van der Waals surface area contributed by atoms with Crippen LogP contribution >= 0.6 is 0 Å². The third-order valence-corrected chi connectivity index (χ3v) is 1.97. The number of hydrogen-bond acceptors (Lipinski definition) is 6. The van der Waals surface area contributed by atoms with Crippen molar-refractivity contribution in [1.82, 2.24) is 0 Å². The van der Waals surface area contributed by atoms with Crippen LogP contribution in [0, 0.1) is 24.7 Å². The van der Waals surface area contributed by atoms with E-state index in [1.54, 1.807) is 0 Å². The molecule has 0 heterocycles. The minimum Gasteiger partial charge on any atom is -0.434 e. The lowest BCUT2D eigenvalue weighted by molar-refractivity contribution is 0.0538. The number of terminal acetylenes is 2. The molecule has 6 nitrogen and oxygen atoms in total. The SMILES string of the molecule is C#CCCOC(=O)OCCCCCOC(=O)OCC#C. The van der Waals surface area contributed by atoms with Crippen LogP contribution in [0.3, 0.4) is 0 Å². The first-order chi connectivity index (χ1) is 9.70. The fourth-order valence-electron chi connectivity index (χ4n) is 1.07. The maximum atomic E-state index is 11.0. The van der Waals surface area contributed by atoms with Crippen molar-refractivity contribution in [2.24, 2.45) is 0 Å². The number of hydrogen-bond donors (Lipinski definition) is 0. The van der Waals surface area contributed by atoms with Gasteiger partial charge in [0.1, 0.15) is 6.61 Å². The molecule has 0 aliphatic carbocycles. The number of rotatable bonds is 9. The van der Waals surface area contributed by atoms with Crippen LogP contribution in [0.15, 0.2) is 0 Å². The topological polar surface area (TPSA) is 71.1 Å². The molecule has 0 aliphatic rings. The van der Waals surface area contributed by atoms with E-state index in [1.807, 2.05) is 0 Å². The van der Waals surface area contributed by atoms with Gasteiger partial charge < -0.3 is 18.9 Å². The molecule has 0 aromatic heterocycles. The molecule has 6 heteroatoms. The van der Waals surface area contributed by atoms with Gasteiger partial charge in [0.2, 0.25) is 0 Å². The van der Waals surface area contributed by atoms with Gasteiger partial charge in [0.15, 0.2) is 6.61 Å². The van der Waals surface area contributed by atoms with E-state index in [0.29, 0.717) is 19.3 Å². The summed E-state index contributed by atoms with van der Waals surface area (Å²) < 4.78 is 18.7. The van der Waals surface area contributed by atoms with E-state index in [2.05, 4.69) is 21.3 Å². The number of unbranched alkanes of at least 4 members (excludes halogenated alkanes) is 2. The highest BCUT2D eigenvalue weighted by Crippen LogP contribution is 1.99. The zero-order valence-electron chi connectivity index (χ0n) is 11.3. The molecular formula is C14H18O6. The molecule has 0 aromatic rings. The third kappa shape index (κ3) is 12.1. The smallest absolute Gasteiger partial charge is 0.434 e. The minimum atomic E-state index is -0.781. The molecule has 0 rings (SSSR count). The van der Waals surface area contributed by atoms with E-state index >= 15 is 0 Å². The molecule has 0 aromatic carbocycles. The Morgan fingerprint density at radius 3 is 1.85 bits per heavy atom. The van der Waals surface area contributed by atoms with Crippen LogP contribution in [0.5, 0.6) is 0 Å². The first kappa shape index (κ1) is 17.7. The molecule has 20 heavy (non-hydrogen) atoms. The number of carbonyl (C=O) groups excluding carboxylic acids is 2. The highest BCUT2D eigenvalue weighted by molar-refractivity contribution is 5.60. The maximum absolute atomic E-state index is 11.0. The fraction of sp³-hybridized carbons (Fsp3) is 0.571. The third-order valence-electron chi connectivity index (χ3n) is 1.97. The van der Waals surface area contributed by atoms with Crippen LogP contribution in [0.2, 0.25) is 0 Å². The summed E-state index contributed by atoms with van der Waals surface area (Å²) in [4.78, 5) is 21.8. The van der Waals surface area contributed by atoms with Crippen LogP contribution in [0.25, 0.3) is 0 Å². The molecule has 0 aliphatic heterocycles. The van der Waals surface area contributed by atoms with Crippen molar-refractivity contribution in [3.8, 4) is 24.7 Å². The molecule has 0 unspecified atom stereocenters. The summed E-state index contributed by atoms with van der Waals surface area (Å²) in [5.41, 5.74) is 0. The Labute approximate surface area is 118 Å². The first-order valence-corrected chi connectivity index (χ1v) is 6.16. The molecule has 0 saturated carbocycles. The van der Waals surface area contributed by atoms with Gasteiger partial charge in [0.25, 0.3) is 0 Å². The summed E-state index contributed by atoms with van der Waals surface area (Å²) in [5.74, 6) is 4.49. The van der Waals surface area contributed by atoms with Gasteiger partial charge in [0.05, 0.1) is 13.2 Å². The quantitative estimate of drug-likeness (QED) is 0.366. The van der Waals surface area contributed by atoms with E-state index in [1.165, 1.54) is 0 Å². The monoisotopic (exact) mass is 282 g/mol. The summed E-state index contributed by atoms with van der Waals surface area (Å²) in [6, 6.07) is 0. The van der Waals surface area contributed by atoms with E-state index in [0.717, 1.165) is 6.42 Å². The molecule has 0 saturated heterocycles. The predicted octanol–water partition coefficient (Wildman–Crippen LogP) is 2.12. The second kappa shape index (κ2) is 13.1. The van der Waals surface area contributed by atoms with Gasteiger partial charge in [-0.25, -0.2) is 9.59 Å². The Kier molecular flexibility index (Phi) is 11.6. The van der Waals surface area contributed by atoms with Gasteiger partial charge in [-0.15, -0.1) is 18.8 Å². The van der Waals surface area contributed by atoms with Crippen LogP contribution in [0.1, 0.15) is 25.7 Å². The van der Waals surface area contributed by atoms with Crippen molar-refractivity contribution in [1.29, 1.82) is 0 Å². The molecule has 0 amide bonds. The molecular weight excluding hydrogens is 264 g/mol. The Hall–Kier alpha value is -2.34. The average molecular weight is 282 g/mol. The summed E-state index contributed by atoms with van der Waals surface area (Å²) in [6.45, 7) is 0.532. The van der Waals surface area contributed by atoms with Gasteiger partial charge in [0, 0.05) is 6.42 Å². The van der Waals surface area contributed by atoms with E-state index in [-0.39, 0.29) is 26.4 Å². The van der Waals surface area contributed by atoms with Gasteiger partial charge >= 0.3 is 12.3 Å². The van der Waals surface area contributed by atoms with Gasteiger partial charge in [-0.1, -0.05) is 5.92 Å². The Morgan fingerprint density at radius 1 is 0.750 bits per heavy atom. The summed E-state index contributed by atoms with van der Waals surface area (Å²) in [7, 11) is 0. The van der Waals surface area contributed by atoms with Crippen molar-refractivity contribution in [3.05, 3.63) is 0 Å². The molecule has 0 bridgehead atoms. The highest BCUT2D eigenvalue weighted by Gasteiger charge is 2.03. The van der Waals surface area contributed by atoms with Crippen LogP contribution in [0.4, 0.5) is 9.59 Å². The van der Waals surface area contributed by atoms with Crippen molar-refractivity contribution >= 4 is 12.3 Å². The van der Waals surface area contributed by atoms with Crippen LogP contribution in [-0.2, 0) is 18.9 Å². The largest absolute Gasteiger partial charge is 0.509 e. The van der Waals surface area contributed by atoms with E-state index in [4.69, 9.17) is 22.3 Å². The standard InChI is InChI=1S/C14H18O6/c1-3-5-10-18-14(16)20-12-8-6-7-11-19-13(15)17-9-4-2/h1-2H,5-12H2. The lowest BCUT2D eigenvalue weighted by Crippen LogP contribution is -2.10. The molecule has 0 N–H and O–H groups in total. The first-order valence-electron chi connectivity index (χ1n) is 6.16. The maximum Gasteiger partial charge on any atom is 0.509 e. The normalized spacial score (nSPS) is 8.90. The zero-order valence-corrected chi connectivity index (χ0v) is 11.3. The van der Waals surface area contributed by atoms with E-state index < -0.39 is 12.3 Å². The summed E-state index contributed by atoms with van der Waals surface area (Å²) in [6.07, 6.45) is 10.8. The summed E-state index contributed by atoms with van der Waals surface area (Å²) in [5, 5.41) is 0. The average Bonchev–Trinajstić information content (AvgIpc) is 2.44. The number of carbonyl (C=O) groups is 2. The van der Waals surface area contributed by atoms with Gasteiger partial charge in [-0.3, -0.25) is 0 Å². The van der Waals surface area contributed by atoms with Crippen LogP contribution in [-0.4, -0.2) is 38.7 Å². The predicted molar refractivity (Wildman–Crippen MR) is 70.7 cm³/mol. The number of ether oxygens (including phenoxy) is 4. The van der Waals surface area contributed by atoms with Crippen LogP contribution < -0.4 is 0 Å². The molecule has 110 valence electrons. The molecule has 0 atom stereocenters. The lowest BCUT2D eigenvalue weighted by Gasteiger charge is -2.05. The second-order valence-corrected chi connectivity index (χ2v) is 3.55. The fourth-order valence-corrected chi connectivity index (χ4v) is 1.07. The Balaban J connectivity index is 3.28. The van der Waals surface area contributed by atoms with Crippen molar-refractivity contribution in [3.63, 3.8) is 0 Å².